The van der Waals surface area contributed by atoms with Crippen LogP contribution >= 0.6 is 0 Å². The lowest BCUT2D eigenvalue weighted by Gasteiger charge is -2.36. The van der Waals surface area contributed by atoms with Gasteiger partial charge in [0.15, 0.2) is 5.82 Å². The van der Waals surface area contributed by atoms with Crippen molar-refractivity contribution in [2.24, 2.45) is 5.92 Å². The number of anilines is 2. The Bertz CT molecular complexity index is 1500. The third kappa shape index (κ3) is 4.12. The van der Waals surface area contributed by atoms with Crippen molar-refractivity contribution in [2.75, 3.05) is 26.0 Å². The van der Waals surface area contributed by atoms with E-state index < -0.39 is 0 Å². The first-order valence-corrected chi connectivity index (χ1v) is 12.1. The maximum atomic E-state index is 4.90. The van der Waals surface area contributed by atoms with Crippen LogP contribution in [0, 0.1) is 12.8 Å². The minimum Gasteiger partial charge on any atom is -0.338 e. The van der Waals surface area contributed by atoms with Crippen molar-refractivity contribution in [3.8, 4) is 11.4 Å². The Labute approximate surface area is 204 Å². The van der Waals surface area contributed by atoms with Gasteiger partial charge in [-0.2, -0.15) is 0 Å². The summed E-state index contributed by atoms with van der Waals surface area (Å²) in [6, 6.07) is 14.3. The van der Waals surface area contributed by atoms with Gasteiger partial charge in [-0.3, -0.25) is 9.38 Å². The lowest BCUT2D eigenvalue weighted by atomic mass is 9.74. The zero-order valence-corrected chi connectivity index (χ0v) is 20.3. The summed E-state index contributed by atoms with van der Waals surface area (Å²) in [6.07, 6.45) is 9.98. The number of imidazole rings is 1. The molecule has 7 nitrogen and oxygen atoms in total. The van der Waals surface area contributed by atoms with Crippen LogP contribution in [0.3, 0.4) is 0 Å². The maximum absolute atomic E-state index is 4.90. The Kier molecular flexibility index (Phi) is 5.41. The van der Waals surface area contributed by atoms with Crippen molar-refractivity contribution in [3.05, 3.63) is 78.6 Å². The summed E-state index contributed by atoms with van der Waals surface area (Å²) in [6.45, 7) is 3.26. The van der Waals surface area contributed by atoms with Crippen LogP contribution < -0.4 is 5.32 Å². The van der Waals surface area contributed by atoms with E-state index in [4.69, 9.17) is 9.97 Å². The number of hydrogen-bond acceptors (Lipinski definition) is 6. The normalized spacial score (nSPS) is 17.7. The van der Waals surface area contributed by atoms with E-state index >= 15 is 0 Å². The number of aryl methyl sites for hydroxylation is 1. The van der Waals surface area contributed by atoms with Gasteiger partial charge in [0.25, 0.3) is 0 Å². The van der Waals surface area contributed by atoms with Crippen LogP contribution in [0.1, 0.15) is 30.1 Å². The topological polar surface area (TPSA) is 71.2 Å². The number of aromatic nitrogens is 5. The van der Waals surface area contributed by atoms with Crippen LogP contribution in [0.25, 0.3) is 27.8 Å². The van der Waals surface area contributed by atoms with E-state index in [0.29, 0.717) is 5.92 Å². The second-order valence-corrected chi connectivity index (χ2v) is 9.84. The molecule has 0 aliphatic heterocycles. The minimum atomic E-state index is 0.510. The van der Waals surface area contributed by atoms with Crippen LogP contribution in [-0.4, -0.2) is 49.9 Å². The zero-order valence-electron chi connectivity index (χ0n) is 20.3. The van der Waals surface area contributed by atoms with Gasteiger partial charge in [-0.1, -0.05) is 12.1 Å². The fourth-order valence-corrected chi connectivity index (χ4v) is 5.22. The lowest BCUT2D eigenvalue weighted by Crippen LogP contribution is -2.32. The number of pyridine rings is 2. The number of nitrogens with one attached hydrogen (secondary N) is 1. The molecule has 6 rings (SSSR count). The number of benzene rings is 1. The number of rotatable bonds is 6. The van der Waals surface area contributed by atoms with Gasteiger partial charge in [-0.15, -0.1) is 0 Å². The average molecular weight is 464 g/mol. The lowest BCUT2D eigenvalue weighted by molar-refractivity contribution is 0.194. The predicted molar refractivity (Wildman–Crippen MR) is 140 cm³/mol. The van der Waals surface area contributed by atoms with E-state index in [1.807, 2.05) is 36.8 Å². The summed E-state index contributed by atoms with van der Waals surface area (Å²) in [4.78, 5) is 21.1. The molecule has 1 saturated carbocycles. The Balaban J connectivity index is 1.29. The molecule has 5 aromatic rings. The van der Waals surface area contributed by atoms with Crippen molar-refractivity contribution in [3.63, 3.8) is 0 Å². The van der Waals surface area contributed by atoms with Crippen molar-refractivity contribution in [2.45, 2.75) is 25.7 Å². The van der Waals surface area contributed by atoms with Crippen molar-refractivity contribution < 1.29 is 0 Å². The van der Waals surface area contributed by atoms with Gasteiger partial charge in [-0.25, -0.2) is 15.0 Å². The van der Waals surface area contributed by atoms with Crippen LogP contribution in [0.15, 0.2) is 67.3 Å². The monoisotopic (exact) mass is 463 g/mol. The highest BCUT2D eigenvalue weighted by Crippen LogP contribution is 2.41. The molecule has 4 aromatic heterocycles. The van der Waals surface area contributed by atoms with Crippen LogP contribution in [-0.2, 0) is 0 Å². The molecule has 0 saturated heterocycles. The Morgan fingerprint density at radius 1 is 1.00 bits per heavy atom. The smallest absolute Gasteiger partial charge is 0.156 e. The number of hydrogen-bond donors (Lipinski definition) is 1. The quantitative estimate of drug-likeness (QED) is 0.361. The first kappa shape index (κ1) is 21.7. The third-order valence-corrected chi connectivity index (χ3v) is 6.92. The van der Waals surface area contributed by atoms with Gasteiger partial charge in [0.05, 0.1) is 23.1 Å². The van der Waals surface area contributed by atoms with Gasteiger partial charge < -0.3 is 10.2 Å². The van der Waals surface area contributed by atoms with Gasteiger partial charge in [0.1, 0.15) is 11.3 Å². The fraction of sp³-hybridized carbons (Fsp3) is 0.286. The summed E-state index contributed by atoms with van der Waals surface area (Å²) in [5.74, 6) is 3.20. The molecule has 7 heteroatoms. The molecule has 0 radical (unpaired) electrons. The molecule has 0 spiro atoms. The maximum Gasteiger partial charge on any atom is 0.156 e. The molecule has 0 amide bonds. The third-order valence-electron chi connectivity index (χ3n) is 6.92. The van der Waals surface area contributed by atoms with E-state index in [-0.39, 0.29) is 0 Å². The van der Waals surface area contributed by atoms with E-state index in [1.54, 1.807) is 6.20 Å². The first-order valence-electron chi connectivity index (χ1n) is 12.1. The highest BCUT2D eigenvalue weighted by molar-refractivity contribution is 5.88. The van der Waals surface area contributed by atoms with E-state index in [2.05, 4.69) is 69.9 Å². The molecule has 0 unspecified atom stereocenters. The summed E-state index contributed by atoms with van der Waals surface area (Å²) in [7, 11) is 4.29. The molecule has 0 atom stereocenters. The number of fused-ring (bicyclic) bond motifs is 2. The van der Waals surface area contributed by atoms with Crippen molar-refractivity contribution in [1.82, 2.24) is 29.2 Å². The summed E-state index contributed by atoms with van der Waals surface area (Å²) in [5.41, 5.74) is 5.79. The zero-order chi connectivity index (χ0) is 23.9. The standard InChI is InChI=1S/C28H29N7/c1-18-12-25(23-6-4-5-9-29-23)33-24-15-21(7-8-22(18)24)32-27-26-16-31-28(35(26)11-10-30-27)20-13-19(14-20)17-34(2)3/h4-12,15-16,19-20H,13-14,17H2,1-3H3,(H,30,32). The summed E-state index contributed by atoms with van der Waals surface area (Å²) in [5, 5.41) is 4.64. The van der Waals surface area contributed by atoms with Crippen LogP contribution in [0.5, 0.6) is 0 Å². The molecule has 176 valence electrons. The molecule has 1 fully saturated rings. The highest BCUT2D eigenvalue weighted by atomic mass is 15.1. The Morgan fingerprint density at radius 2 is 1.89 bits per heavy atom. The van der Waals surface area contributed by atoms with Crippen LogP contribution in [0.2, 0.25) is 0 Å². The molecular weight excluding hydrogens is 434 g/mol. The van der Waals surface area contributed by atoms with Gasteiger partial charge in [0, 0.05) is 42.1 Å². The SMILES string of the molecule is Cc1cc(-c2ccccn2)nc2cc(Nc3nccn4c(C5CC(CN(C)C)C5)ncc34)ccc12. The largest absolute Gasteiger partial charge is 0.338 e. The average Bonchev–Trinajstić information content (AvgIpc) is 3.26. The van der Waals surface area contributed by atoms with Gasteiger partial charge >= 0.3 is 0 Å². The van der Waals surface area contributed by atoms with E-state index in [9.17, 15) is 0 Å². The van der Waals surface area contributed by atoms with Gasteiger partial charge in [0.2, 0.25) is 0 Å². The van der Waals surface area contributed by atoms with Gasteiger partial charge in [-0.05, 0) is 75.7 Å². The molecular formula is C28H29N7. The molecule has 1 N–H and O–H groups in total. The number of nitrogens with zero attached hydrogens (tertiary/aromatic N) is 6. The summed E-state index contributed by atoms with van der Waals surface area (Å²) >= 11 is 0. The van der Waals surface area contributed by atoms with E-state index in [0.717, 1.165) is 57.6 Å². The van der Waals surface area contributed by atoms with Crippen LogP contribution in [0.4, 0.5) is 11.5 Å². The Hall–Kier alpha value is -3.84. The second-order valence-electron chi connectivity index (χ2n) is 9.84. The van der Waals surface area contributed by atoms with E-state index in [1.165, 1.54) is 18.4 Å². The van der Waals surface area contributed by atoms with Crippen molar-refractivity contribution >= 4 is 27.9 Å². The second kappa shape index (κ2) is 8.74. The molecule has 0 bridgehead atoms. The Morgan fingerprint density at radius 3 is 2.69 bits per heavy atom. The predicted octanol–water partition coefficient (Wildman–Crippen LogP) is 5.45. The molecule has 1 aliphatic carbocycles. The first-order chi connectivity index (χ1) is 17.0. The molecule has 1 aliphatic rings. The molecule has 4 heterocycles. The minimum absolute atomic E-state index is 0.510. The fourth-order valence-electron chi connectivity index (χ4n) is 5.22. The van der Waals surface area contributed by atoms with Crippen molar-refractivity contribution in [1.29, 1.82) is 0 Å². The summed E-state index contributed by atoms with van der Waals surface area (Å²) < 4.78 is 2.19. The highest BCUT2D eigenvalue weighted by Gasteiger charge is 2.33. The molecule has 1 aromatic carbocycles. The molecule has 35 heavy (non-hydrogen) atoms.